The molecule has 6 heteroatoms. The Hall–Kier alpha value is -1.10. The minimum absolute atomic E-state index is 0.328. The van der Waals surface area contributed by atoms with Crippen molar-refractivity contribution in [1.82, 2.24) is 0 Å². The van der Waals surface area contributed by atoms with Gasteiger partial charge in [0.2, 0.25) is 0 Å². The van der Waals surface area contributed by atoms with E-state index in [4.69, 9.17) is 21.8 Å². The summed E-state index contributed by atoms with van der Waals surface area (Å²) in [6.45, 7) is 0. The van der Waals surface area contributed by atoms with Crippen LogP contribution < -0.4 is 0 Å². The molecule has 2 nitrogen and oxygen atoms in total. The largest absolute Gasteiger partial charge is 0.507 e. The van der Waals surface area contributed by atoms with E-state index in [9.17, 15) is 13.2 Å². The van der Waals surface area contributed by atoms with E-state index in [1.165, 1.54) is 0 Å². The van der Waals surface area contributed by atoms with Crippen LogP contribution in [-0.4, -0.2) is 10.2 Å². The number of aromatic hydroxyl groups is 2. The monoisotopic (exact) mass is 212 g/mol. The average Bonchev–Trinajstić information content (AvgIpc) is 1.94. The zero-order chi connectivity index (χ0) is 10.2. The van der Waals surface area contributed by atoms with E-state index < -0.39 is 23.2 Å². The van der Waals surface area contributed by atoms with Crippen LogP contribution in [-0.2, 0) is 6.18 Å². The molecule has 1 aromatic carbocycles. The molecular formula is C7H4ClF3O2. The topological polar surface area (TPSA) is 40.5 Å². The Morgan fingerprint density at radius 3 is 2.08 bits per heavy atom. The highest BCUT2D eigenvalue weighted by molar-refractivity contribution is 6.32. The Bertz CT molecular complexity index is 335. The summed E-state index contributed by atoms with van der Waals surface area (Å²) in [6.07, 6.45) is -4.70. The number of halogens is 4. The van der Waals surface area contributed by atoms with Gasteiger partial charge in [-0.2, -0.15) is 13.2 Å². The SMILES string of the molecule is Oc1cc(C(F)(F)F)c(O)cc1Cl. The van der Waals surface area contributed by atoms with Crippen LogP contribution >= 0.6 is 11.6 Å². The third-order valence-corrected chi connectivity index (χ3v) is 1.67. The molecule has 0 heterocycles. The van der Waals surface area contributed by atoms with Crippen molar-refractivity contribution in [3.05, 3.63) is 22.7 Å². The third kappa shape index (κ3) is 1.98. The van der Waals surface area contributed by atoms with Gasteiger partial charge in [0.1, 0.15) is 17.1 Å². The lowest BCUT2D eigenvalue weighted by Gasteiger charge is -2.09. The number of benzene rings is 1. The first kappa shape index (κ1) is 9.98. The summed E-state index contributed by atoms with van der Waals surface area (Å²) in [5, 5.41) is 17.4. The first-order valence-corrected chi connectivity index (χ1v) is 3.49. The van der Waals surface area contributed by atoms with Gasteiger partial charge in [0.15, 0.2) is 0 Å². The summed E-state index contributed by atoms with van der Waals surface area (Å²) in [5.74, 6) is -1.72. The fourth-order valence-corrected chi connectivity index (χ4v) is 0.936. The Morgan fingerprint density at radius 1 is 1.08 bits per heavy atom. The molecule has 0 bridgehead atoms. The van der Waals surface area contributed by atoms with Gasteiger partial charge in [-0.15, -0.1) is 0 Å². The van der Waals surface area contributed by atoms with Crippen molar-refractivity contribution in [2.24, 2.45) is 0 Å². The summed E-state index contributed by atoms with van der Waals surface area (Å²) in [5.41, 5.74) is -1.31. The van der Waals surface area contributed by atoms with E-state index in [1.807, 2.05) is 0 Å². The maximum absolute atomic E-state index is 12.0. The highest BCUT2D eigenvalue weighted by Crippen LogP contribution is 2.40. The molecule has 0 amide bonds. The molecule has 2 N–H and O–H groups in total. The van der Waals surface area contributed by atoms with Crippen LogP contribution in [0, 0.1) is 0 Å². The van der Waals surface area contributed by atoms with Crippen LogP contribution in [0.15, 0.2) is 12.1 Å². The molecule has 0 atom stereocenters. The molecule has 72 valence electrons. The first-order valence-electron chi connectivity index (χ1n) is 3.11. The fourth-order valence-electron chi connectivity index (χ4n) is 0.778. The lowest BCUT2D eigenvalue weighted by Crippen LogP contribution is -2.04. The molecule has 13 heavy (non-hydrogen) atoms. The van der Waals surface area contributed by atoms with E-state index in [2.05, 4.69) is 0 Å². The van der Waals surface area contributed by atoms with Crippen LogP contribution in [0.4, 0.5) is 13.2 Å². The van der Waals surface area contributed by atoms with E-state index in [0.717, 1.165) is 0 Å². The maximum Gasteiger partial charge on any atom is 0.420 e. The summed E-state index contributed by atoms with van der Waals surface area (Å²) in [7, 11) is 0. The molecule has 0 aliphatic carbocycles. The zero-order valence-corrected chi connectivity index (χ0v) is 6.82. The number of hydrogen-bond donors (Lipinski definition) is 2. The van der Waals surface area contributed by atoms with Crippen LogP contribution in [0.25, 0.3) is 0 Å². The van der Waals surface area contributed by atoms with Gasteiger partial charge in [-0.05, 0) is 6.07 Å². The number of phenols is 2. The smallest absolute Gasteiger partial charge is 0.420 e. The van der Waals surface area contributed by atoms with E-state index in [-0.39, 0.29) is 5.02 Å². The van der Waals surface area contributed by atoms with Crippen molar-refractivity contribution in [1.29, 1.82) is 0 Å². The van der Waals surface area contributed by atoms with Crippen LogP contribution in [0.2, 0.25) is 5.02 Å². The molecule has 0 aromatic heterocycles. The van der Waals surface area contributed by atoms with Crippen LogP contribution in [0.5, 0.6) is 11.5 Å². The Kier molecular flexibility index (Phi) is 2.30. The second-order valence-electron chi connectivity index (χ2n) is 2.32. The first-order chi connectivity index (χ1) is 5.82. The van der Waals surface area contributed by atoms with Crippen LogP contribution in [0.1, 0.15) is 5.56 Å². The molecule has 0 aliphatic rings. The Labute approximate surface area is 76.2 Å². The van der Waals surface area contributed by atoms with Crippen molar-refractivity contribution in [3.8, 4) is 11.5 Å². The lowest BCUT2D eigenvalue weighted by molar-refractivity contribution is -0.138. The molecule has 1 aromatic rings. The lowest BCUT2D eigenvalue weighted by atomic mass is 10.2. The van der Waals surface area contributed by atoms with Gasteiger partial charge in [0, 0.05) is 6.07 Å². The van der Waals surface area contributed by atoms with Gasteiger partial charge in [0.25, 0.3) is 0 Å². The van der Waals surface area contributed by atoms with Gasteiger partial charge >= 0.3 is 6.18 Å². The van der Waals surface area contributed by atoms with Crippen molar-refractivity contribution in [3.63, 3.8) is 0 Å². The van der Waals surface area contributed by atoms with Crippen molar-refractivity contribution in [2.75, 3.05) is 0 Å². The predicted molar refractivity (Wildman–Crippen MR) is 39.8 cm³/mol. The molecule has 1 rings (SSSR count). The van der Waals surface area contributed by atoms with E-state index in [1.54, 1.807) is 0 Å². The summed E-state index contributed by atoms with van der Waals surface area (Å²) < 4.78 is 36.1. The predicted octanol–water partition coefficient (Wildman–Crippen LogP) is 2.77. The fraction of sp³-hybridized carbons (Fsp3) is 0.143. The molecule has 0 radical (unpaired) electrons. The van der Waals surface area contributed by atoms with Crippen molar-refractivity contribution < 1.29 is 23.4 Å². The number of phenolic OH excluding ortho intramolecular Hbond substituents is 2. The summed E-state index contributed by atoms with van der Waals surface area (Å²) >= 11 is 5.26. The van der Waals surface area contributed by atoms with Gasteiger partial charge in [-0.1, -0.05) is 11.6 Å². The van der Waals surface area contributed by atoms with Gasteiger partial charge in [-0.25, -0.2) is 0 Å². The van der Waals surface area contributed by atoms with Gasteiger partial charge < -0.3 is 10.2 Å². The van der Waals surface area contributed by atoms with E-state index >= 15 is 0 Å². The molecule has 0 fully saturated rings. The number of hydrogen-bond acceptors (Lipinski definition) is 2. The number of alkyl halides is 3. The number of rotatable bonds is 0. The van der Waals surface area contributed by atoms with Gasteiger partial charge in [-0.3, -0.25) is 0 Å². The highest BCUT2D eigenvalue weighted by Gasteiger charge is 2.34. The Balaban J connectivity index is 3.32. The second-order valence-corrected chi connectivity index (χ2v) is 2.73. The highest BCUT2D eigenvalue weighted by atomic mass is 35.5. The molecule has 0 spiro atoms. The van der Waals surface area contributed by atoms with E-state index in [0.29, 0.717) is 12.1 Å². The quantitative estimate of drug-likeness (QED) is 0.649. The Morgan fingerprint density at radius 2 is 1.62 bits per heavy atom. The second kappa shape index (κ2) is 2.99. The average molecular weight is 213 g/mol. The van der Waals surface area contributed by atoms with Gasteiger partial charge in [0.05, 0.1) is 5.02 Å². The van der Waals surface area contributed by atoms with Crippen molar-refractivity contribution in [2.45, 2.75) is 6.18 Å². The van der Waals surface area contributed by atoms with Crippen molar-refractivity contribution >= 4 is 11.6 Å². The normalized spacial score (nSPS) is 11.7. The minimum Gasteiger partial charge on any atom is -0.507 e. The van der Waals surface area contributed by atoms with Crippen LogP contribution in [0.3, 0.4) is 0 Å². The standard InChI is InChI=1S/C7H4ClF3O2/c8-4-2-5(12)3(1-6(4)13)7(9,10)11/h1-2,12-13H. The zero-order valence-electron chi connectivity index (χ0n) is 6.06. The molecule has 0 unspecified atom stereocenters. The molecule has 0 saturated carbocycles. The minimum atomic E-state index is -4.70. The summed E-state index contributed by atoms with van der Waals surface area (Å²) in [4.78, 5) is 0. The third-order valence-electron chi connectivity index (χ3n) is 1.37. The molecule has 0 aliphatic heterocycles. The molecular weight excluding hydrogens is 209 g/mol. The summed E-state index contributed by atoms with van der Waals surface area (Å²) in [6, 6.07) is 1.01. The molecule has 0 saturated heterocycles. The maximum atomic E-state index is 12.0.